The number of hydrogen-bond acceptors (Lipinski definition) is 6. The minimum atomic E-state index is -0.251. The van der Waals surface area contributed by atoms with Gasteiger partial charge >= 0.3 is 6.03 Å². The molecule has 0 aromatic heterocycles. The van der Waals surface area contributed by atoms with E-state index in [9.17, 15) is 9.59 Å². The molecule has 0 aliphatic carbocycles. The monoisotopic (exact) mass is 615 g/mol. The molecule has 0 atom stereocenters. The molecule has 3 aromatic carbocycles. The number of anilines is 3. The van der Waals surface area contributed by atoms with Crippen LogP contribution in [0.25, 0.3) is 0 Å². The first-order chi connectivity index (χ1) is 21.9. The fourth-order valence-electron chi connectivity index (χ4n) is 5.36. The smallest absolute Gasteiger partial charge is 0.319 e. The summed E-state index contributed by atoms with van der Waals surface area (Å²) in [6.07, 6.45) is 6.52. The number of urea groups is 1. The zero-order valence-corrected chi connectivity index (χ0v) is 27.2. The molecule has 0 radical (unpaired) electrons. The third-order valence-electron chi connectivity index (χ3n) is 8.10. The van der Waals surface area contributed by atoms with Crippen LogP contribution in [0.3, 0.4) is 0 Å². The molecule has 4 rings (SSSR count). The molecular formula is C36H49N5O4. The first-order valence-electron chi connectivity index (χ1n) is 16.4. The number of hydrogen-bond donors (Lipinski definition) is 4. The summed E-state index contributed by atoms with van der Waals surface area (Å²) < 4.78 is 11.9. The topological polar surface area (TPSA) is 104 Å². The number of carbonyl (C=O) groups is 2. The van der Waals surface area contributed by atoms with Crippen molar-refractivity contribution in [3.63, 3.8) is 0 Å². The highest BCUT2D eigenvalue weighted by Crippen LogP contribution is 2.34. The van der Waals surface area contributed by atoms with Crippen molar-refractivity contribution < 1.29 is 19.1 Å². The van der Waals surface area contributed by atoms with E-state index in [1.807, 2.05) is 45.0 Å². The van der Waals surface area contributed by atoms with E-state index < -0.39 is 0 Å². The van der Waals surface area contributed by atoms with E-state index >= 15 is 0 Å². The normalized spacial score (nSPS) is 13.7. The highest BCUT2D eigenvalue weighted by molar-refractivity contribution is 6.04. The number of benzene rings is 3. The number of piperidine rings is 1. The lowest BCUT2D eigenvalue weighted by atomic mass is 10.0. The minimum Gasteiger partial charge on any atom is -0.490 e. The molecule has 9 nitrogen and oxygen atoms in total. The van der Waals surface area contributed by atoms with Gasteiger partial charge < -0.3 is 35.6 Å². The second kappa shape index (κ2) is 17.3. The molecule has 3 amide bonds. The maximum Gasteiger partial charge on any atom is 0.319 e. The molecule has 3 aromatic rings. The Morgan fingerprint density at radius 2 is 1.49 bits per heavy atom. The van der Waals surface area contributed by atoms with Crippen molar-refractivity contribution in [2.24, 2.45) is 0 Å². The lowest BCUT2D eigenvalue weighted by Gasteiger charge is -2.32. The standard InChI is InChI=1S/C36H49N5O4/c1-5-9-22-41-23-20-30(21-24-41)37-28-12-10-26(11-13-28)35(42)38-29-14-17-32(18-15-29)45-33-19-16-31(25-34(33)44-8-4)40-36(43)39-27(6-2)7-3/h10-19,25,27,30,37H,5-9,20-24H2,1-4H3,(H,38,42)(H2,39,40,43). The van der Waals surface area contributed by atoms with Crippen molar-refractivity contribution in [2.45, 2.75) is 78.3 Å². The van der Waals surface area contributed by atoms with Crippen LogP contribution in [0.2, 0.25) is 0 Å². The van der Waals surface area contributed by atoms with Gasteiger partial charge in [-0.15, -0.1) is 0 Å². The van der Waals surface area contributed by atoms with Crippen LogP contribution in [-0.2, 0) is 0 Å². The molecule has 1 aliphatic rings. The van der Waals surface area contributed by atoms with Crippen molar-refractivity contribution in [3.05, 3.63) is 72.3 Å². The number of likely N-dealkylation sites (tertiary alicyclic amines) is 1. The highest BCUT2D eigenvalue weighted by Gasteiger charge is 2.19. The lowest BCUT2D eigenvalue weighted by Crippen LogP contribution is -2.39. The van der Waals surface area contributed by atoms with Gasteiger partial charge in [-0.05, 0) is 106 Å². The van der Waals surface area contributed by atoms with Crippen molar-refractivity contribution in [1.29, 1.82) is 0 Å². The van der Waals surface area contributed by atoms with Crippen LogP contribution in [0, 0.1) is 0 Å². The Bertz CT molecular complexity index is 1350. The van der Waals surface area contributed by atoms with Crippen LogP contribution in [-0.4, -0.2) is 55.2 Å². The summed E-state index contributed by atoms with van der Waals surface area (Å²) in [4.78, 5) is 27.8. The Hall–Kier alpha value is -4.24. The lowest BCUT2D eigenvalue weighted by molar-refractivity contribution is 0.102. The number of amides is 3. The van der Waals surface area contributed by atoms with Crippen molar-refractivity contribution in [2.75, 3.05) is 42.2 Å². The average molecular weight is 616 g/mol. The average Bonchev–Trinajstić information content (AvgIpc) is 3.05. The SMILES string of the molecule is CCCCN1CCC(Nc2ccc(C(=O)Nc3ccc(Oc4ccc(NC(=O)NC(CC)CC)cc4OCC)cc3)cc2)CC1. The summed E-state index contributed by atoms with van der Waals surface area (Å²) in [5.41, 5.74) is 2.91. The molecule has 0 spiro atoms. The molecule has 242 valence electrons. The summed E-state index contributed by atoms with van der Waals surface area (Å²) in [6.45, 7) is 12.1. The molecule has 9 heteroatoms. The molecule has 1 fully saturated rings. The highest BCUT2D eigenvalue weighted by atomic mass is 16.5. The number of carbonyl (C=O) groups excluding carboxylic acids is 2. The summed E-state index contributed by atoms with van der Waals surface area (Å²) in [7, 11) is 0. The van der Waals surface area contributed by atoms with Crippen molar-refractivity contribution >= 4 is 29.0 Å². The molecule has 0 unspecified atom stereocenters. The van der Waals surface area contributed by atoms with Gasteiger partial charge in [0.25, 0.3) is 5.91 Å². The van der Waals surface area contributed by atoms with E-state index in [0.29, 0.717) is 46.8 Å². The zero-order valence-electron chi connectivity index (χ0n) is 27.2. The summed E-state index contributed by atoms with van der Waals surface area (Å²) in [5, 5.41) is 12.4. The van der Waals surface area contributed by atoms with Crippen LogP contribution in [0.1, 0.15) is 76.6 Å². The van der Waals surface area contributed by atoms with Crippen LogP contribution >= 0.6 is 0 Å². The molecule has 1 heterocycles. The fourth-order valence-corrected chi connectivity index (χ4v) is 5.36. The Morgan fingerprint density at radius 1 is 0.822 bits per heavy atom. The third-order valence-corrected chi connectivity index (χ3v) is 8.10. The van der Waals surface area contributed by atoms with E-state index in [0.717, 1.165) is 44.5 Å². The number of unbranched alkanes of at least 4 members (excludes halogenated alkanes) is 1. The molecular weight excluding hydrogens is 566 g/mol. The number of nitrogens with one attached hydrogen (secondary N) is 4. The maximum atomic E-state index is 12.9. The number of nitrogens with zero attached hydrogens (tertiary/aromatic N) is 1. The quantitative estimate of drug-likeness (QED) is 0.138. The van der Waals surface area contributed by atoms with Crippen LogP contribution < -0.4 is 30.7 Å². The Labute approximate surface area is 268 Å². The predicted molar refractivity (Wildman–Crippen MR) is 183 cm³/mol. The summed E-state index contributed by atoms with van der Waals surface area (Å²) >= 11 is 0. The third kappa shape index (κ3) is 10.4. The van der Waals surface area contributed by atoms with Crippen LogP contribution in [0.15, 0.2) is 66.7 Å². The van der Waals surface area contributed by atoms with Gasteiger partial charge in [0, 0.05) is 53.9 Å². The van der Waals surface area contributed by atoms with Gasteiger partial charge in [0.15, 0.2) is 11.5 Å². The van der Waals surface area contributed by atoms with E-state index in [1.54, 1.807) is 42.5 Å². The first kappa shape index (κ1) is 33.6. The molecule has 1 aliphatic heterocycles. The molecule has 0 saturated carbocycles. The predicted octanol–water partition coefficient (Wildman–Crippen LogP) is 8.12. The van der Waals surface area contributed by atoms with Gasteiger partial charge in [0.1, 0.15) is 5.75 Å². The maximum absolute atomic E-state index is 12.9. The van der Waals surface area contributed by atoms with Gasteiger partial charge in [-0.1, -0.05) is 27.2 Å². The van der Waals surface area contributed by atoms with Gasteiger partial charge in [0.05, 0.1) is 6.61 Å². The second-order valence-electron chi connectivity index (χ2n) is 11.5. The zero-order chi connectivity index (χ0) is 32.0. The number of rotatable bonds is 15. The molecule has 0 bridgehead atoms. The second-order valence-corrected chi connectivity index (χ2v) is 11.5. The van der Waals surface area contributed by atoms with Gasteiger partial charge in [-0.25, -0.2) is 4.79 Å². The fraction of sp³-hybridized carbons (Fsp3) is 0.444. The number of ether oxygens (including phenoxy) is 2. The Morgan fingerprint density at radius 3 is 2.13 bits per heavy atom. The van der Waals surface area contributed by atoms with E-state index in [4.69, 9.17) is 9.47 Å². The molecule has 45 heavy (non-hydrogen) atoms. The van der Waals surface area contributed by atoms with E-state index in [2.05, 4.69) is 33.1 Å². The van der Waals surface area contributed by atoms with Crippen molar-refractivity contribution in [3.8, 4) is 17.2 Å². The van der Waals surface area contributed by atoms with E-state index in [1.165, 1.54) is 19.4 Å². The Kier molecular flexibility index (Phi) is 12.9. The van der Waals surface area contributed by atoms with Crippen LogP contribution in [0.5, 0.6) is 17.2 Å². The van der Waals surface area contributed by atoms with Gasteiger partial charge in [0.2, 0.25) is 0 Å². The minimum absolute atomic E-state index is 0.128. The largest absolute Gasteiger partial charge is 0.490 e. The first-order valence-corrected chi connectivity index (χ1v) is 16.4. The van der Waals surface area contributed by atoms with Crippen LogP contribution in [0.4, 0.5) is 21.9 Å². The van der Waals surface area contributed by atoms with Crippen molar-refractivity contribution in [1.82, 2.24) is 10.2 Å². The molecule has 4 N–H and O–H groups in total. The van der Waals surface area contributed by atoms with E-state index in [-0.39, 0.29) is 18.0 Å². The van der Waals surface area contributed by atoms with Gasteiger partial charge in [-0.3, -0.25) is 4.79 Å². The van der Waals surface area contributed by atoms with Gasteiger partial charge in [-0.2, -0.15) is 0 Å². The molecule has 1 saturated heterocycles. The summed E-state index contributed by atoms with van der Waals surface area (Å²) in [5.74, 6) is 1.46. The Balaban J connectivity index is 1.28. The summed E-state index contributed by atoms with van der Waals surface area (Å²) in [6, 6.07) is 20.5.